The number of nitrogens with zero attached hydrogens (tertiary/aromatic N) is 1. The molecule has 2 aromatic rings. The second-order valence-corrected chi connectivity index (χ2v) is 7.05. The van der Waals surface area contributed by atoms with Gasteiger partial charge in [0.1, 0.15) is 0 Å². The summed E-state index contributed by atoms with van der Waals surface area (Å²) < 4.78 is 0.540. The number of hydrogen-bond acceptors (Lipinski definition) is 7. The second-order valence-electron chi connectivity index (χ2n) is 7.05. The first kappa shape index (κ1) is 20.8. The molecule has 154 valence electrons. The largest absolute Gasteiger partial charge is 0.619 e. The van der Waals surface area contributed by atoms with Crippen molar-refractivity contribution in [2.45, 2.75) is 25.7 Å². The molecule has 1 aliphatic carbocycles. The van der Waals surface area contributed by atoms with E-state index in [0.29, 0.717) is 53.4 Å². The first-order chi connectivity index (χ1) is 14.1. The van der Waals surface area contributed by atoms with Crippen LogP contribution >= 0.6 is 0 Å². The average Bonchev–Trinajstić information content (AvgIpc) is 2.72. The predicted molar refractivity (Wildman–Crippen MR) is 112 cm³/mol. The molecule has 29 heavy (non-hydrogen) atoms. The molecule has 0 bridgehead atoms. The van der Waals surface area contributed by atoms with Crippen molar-refractivity contribution in [1.29, 1.82) is 0 Å². The van der Waals surface area contributed by atoms with Crippen LogP contribution < -0.4 is 26.8 Å². The molecule has 0 fully saturated rings. The van der Waals surface area contributed by atoms with Crippen LogP contribution in [0, 0.1) is 5.21 Å². The number of nitrogens with two attached hydrogens (primary N) is 2. The van der Waals surface area contributed by atoms with Gasteiger partial charge in [-0.05, 0) is 50.9 Å². The Kier molecular flexibility index (Phi) is 6.79. The van der Waals surface area contributed by atoms with Gasteiger partial charge in [-0.3, -0.25) is 9.59 Å². The summed E-state index contributed by atoms with van der Waals surface area (Å²) in [6.07, 6.45) is 5.84. The van der Waals surface area contributed by atoms with Gasteiger partial charge in [0.15, 0.2) is 18.2 Å². The monoisotopic (exact) mass is 397 g/mol. The third-order valence-electron chi connectivity index (χ3n) is 4.98. The number of unbranched alkanes of at least 4 members (excludes halogenated alkanes) is 2. The molecule has 0 amide bonds. The molecule has 1 aliphatic rings. The van der Waals surface area contributed by atoms with Crippen LogP contribution in [0.5, 0.6) is 0 Å². The fourth-order valence-corrected chi connectivity index (χ4v) is 3.48. The van der Waals surface area contributed by atoms with E-state index in [4.69, 9.17) is 11.5 Å². The zero-order valence-electron chi connectivity index (χ0n) is 16.4. The minimum Gasteiger partial charge on any atom is -0.619 e. The predicted octanol–water partition coefficient (Wildman–Crippen LogP) is 1.40. The van der Waals surface area contributed by atoms with E-state index in [9.17, 15) is 14.8 Å². The van der Waals surface area contributed by atoms with E-state index in [-0.39, 0.29) is 22.7 Å². The van der Waals surface area contributed by atoms with Gasteiger partial charge in [0.25, 0.3) is 0 Å². The Hall–Kier alpha value is -2.97. The number of benzene rings is 1. The van der Waals surface area contributed by atoms with E-state index < -0.39 is 0 Å². The maximum atomic E-state index is 13.2. The Morgan fingerprint density at radius 3 is 1.83 bits per heavy atom. The Bertz CT molecular complexity index is 913. The molecule has 1 heterocycles. The average molecular weight is 397 g/mol. The van der Waals surface area contributed by atoms with Gasteiger partial charge in [-0.15, -0.1) is 0 Å². The van der Waals surface area contributed by atoms with E-state index in [1.165, 1.54) is 12.3 Å². The first-order valence-corrected chi connectivity index (χ1v) is 9.95. The van der Waals surface area contributed by atoms with Crippen molar-refractivity contribution >= 4 is 22.9 Å². The minimum absolute atomic E-state index is 0.130. The van der Waals surface area contributed by atoms with Gasteiger partial charge in [0.05, 0.1) is 16.7 Å². The molecule has 1 aromatic carbocycles. The molecule has 0 saturated heterocycles. The summed E-state index contributed by atoms with van der Waals surface area (Å²) in [7, 11) is 0. The third-order valence-corrected chi connectivity index (χ3v) is 4.98. The minimum atomic E-state index is -0.327. The van der Waals surface area contributed by atoms with Gasteiger partial charge in [-0.2, -0.15) is 4.73 Å². The fourth-order valence-electron chi connectivity index (χ4n) is 3.48. The van der Waals surface area contributed by atoms with Crippen molar-refractivity contribution in [3.05, 3.63) is 58.1 Å². The lowest BCUT2D eigenvalue weighted by Crippen LogP contribution is -2.32. The number of nitrogens with one attached hydrogen (secondary N) is 2. The van der Waals surface area contributed by atoms with E-state index in [2.05, 4.69) is 10.6 Å². The lowest BCUT2D eigenvalue weighted by atomic mass is 9.83. The third kappa shape index (κ3) is 4.38. The zero-order chi connectivity index (χ0) is 20.8. The normalized spacial score (nSPS) is 12.5. The van der Waals surface area contributed by atoms with Gasteiger partial charge in [0.2, 0.25) is 5.78 Å². The number of fused-ring (bicyclic) bond motifs is 2. The van der Waals surface area contributed by atoms with Crippen molar-refractivity contribution in [2.24, 2.45) is 11.5 Å². The Morgan fingerprint density at radius 1 is 0.793 bits per heavy atom. The van der Waals surface area contributed by atoms with Crippen molar-refractivity contribution in [1.82, 2.24) is 0 Å². The summed E-state index contributed by atoms with van der Waals surface area (Å²) in [5.41, 5.74) is 13.3. The van der Waals surface area contributed by atoms with Crippen LogP contribution in [-0.4, -0.2) is 37.7 Å². The van der Waals surface area contributed by atoms with Gasteiger partial charge in [-0.25, -0.2) is 0 Å². The topological polar surface area (TPSA) is 137 Å². The van der Waals surface area contributed by atoms with Crippen LogP contribution in [0.2, 0.25) is 0 Å². The highest BCUT2D eigenvalue weighted by atomic mass is 16.5. The molecular weight excluding hydrogens is 370 g/mol. The molecule has 0 radical (unpaired) electrons. The van der Waals surface area contributed by atoms with Crippen LogP contribution in [0.15, 0.2) is 30.6 Å². The van der Waals surface area contributed by atoms with E-state index in [1.54, 1.807) is 6.07 Å². The first-order valence-electron chi connectivity index (χ1n) is 9.95. The van der Waals surface area contributed by atoms with Crippen LogP contribution in [0.3, 0.4) is 0 Å². The van der Waals surface area contributed by atoms with Crippen molar-refractivity contribution < 1.29 is 14.3 Å². The Morgan fingerprint density at radius 2 is 1.31 bits per heavy atom. The molecular formula is C21H27N5O3. The van der Waals surface area contributed by atoms with Crippen LogP contribution in [-0.2, 0) is 0 Å². The number of rotatable bonds is 10. The van der Waals surface area contributed by atoms with Gasteiger partial charge in [0, 0.05) is 36.1 Å². The highest BCUT2D eigenvalue weighted by Crippen LogP contribution is 2.36. The summed E-state index contributed by atoms with van der Waals surface area (Å²) in [4.78, 5) is 26.5. The molecule has 3 rings (SSSR count). The molecule has 8 nitrogen and oxygen atoms in total. The summed E-state index contributed by atoms with van der Waals surface area (Å²) in [5.74, 6) is -0.589. The standard InChI is InChI=1S/C21H27N5O3/c22-8-1-3-10-24-16-5-6-17(25-11-4-2-9-23)19-18(16)20(27)14-7-12-26(29)13-15(14)21(19)28/h5-7,12-13,24-25H,1-4,8-11,22-23H2. The van der Waals surface area contributed by atoms with E-state index >= 15 is 0 Å². The van der Waals surface area contributed by atoms with Crippen molar-refractivity contribution in [3.63, 3.8) is 0 Å². The number of carbonyl (C=O) groups excluding carboxylic acids is 2. The lowest BCUT2D eigenvalue weighted by molar-refractivity contribution is -0.605. The summed E-state index contributed by atoms with van der Waals surface area (Å²) >= 11 is 0. The maximum absolute atomic E-state index is 13.2. The molecule has 6 N–H and O–H groups in total. The van der Waals surface area contributed by atoms with E-state index in [0.717, 1.165) is 31.9 Å². The van der Waals surface area contributed by atoms with E-state index in [1.807, 2.05) is 6.07 Å². The lowest BCUT2D eigenvalue weighted by Gasteiger charge is -2.23. The molecule has 0 aliphatic heterocycles. The molecule has 0 saturated carbocycles. The summed E-state index contributed by atoms with van der Waals surface area (Å²) in [6, 6.07) is 5.03. The summed E-state index contributed by atoms with van der Waals surface area (Å²) in [5, 5.41) is 18.2. The van der Waals surface area contributed by atoms with Gasteiger partial charge in [-0.1, -0.05) is 0 Å². The van der Waals surface area contributed by atoms with Crippen LogP contribution in [0.1, 0.15) is 57.5 Å². The number of hydrogen-bond donors (Lipinski definition) is 4. The van der Waals surface area contributed by atoms with Gasteiger partial charge >= 0.3 is 0 Å². The molecule has 0 unspecified atom stereocenters. The fraction of sp³-hybridized carbons (Fsp3) is 0.381. The molecule has 1 aromatic heterocycles. The number of anilines is 2. The number of aromatic nitrogens is 1. The van der Waals surface area contributed by atoms with Crippen LogP contribution in [0.25, 0.3) is 0 Å². The zero-order valence-corrected chi connectivity index (χ0v) is 16.4. The maximum Gasteiger partial charge on any atom is 0.202 e. The number of pyridine rings is 1. The number of carbonyl (C=O) groups is 2. The number of ketones is 2. The Balaban J connectivity index is 2.00. The summed E-state index contributed by atoms with van der Waals surface area (Å²) in [6.45, 7) is 2.49. The van der Waals surface area contributed by atoms with Crippen LogP contribution in [0.4, 0.5) is 11.4 Å². The quantitative estimate of drug-likeness (QED) is 0.230. The highest BCUT2D eigenvalue weighted by molar-refractivity contribution is 6.31. The molecule has 8 heteroatoms. The van der Waals surface area contributed by atoms with Gasteiger partial charge < -0.3 is 27.3 Å². The smallest absolute Gasteiger partial charge is 0.202 e. The molecule has 0 atom stereocenters. The van der Waals surface area contributed by atoms with Crippen molar-refractivity contribution in [2.75, 3.05) is 36.8 Å². The second kappa shape index (κ2) is 9.49. The molecule has 0 spiro atoms. The highest BCUT2D eigenvalue weighted by Gasteiger charge is 2.35. The SMILES string of the molecule is NCCCCNc1ccc(NCCCCN)c2c1C(=O)c1cc[n+]([O-])cc1C2=O. The Labute approximate surface area is 169 Å². The van der Waals surface area contributed by atoms with Crippen molar-refractivity contribution in [3.8, 4) is 0 Å².